The highest BCUT2D eigenvalue weighted by Crippen LogP contribution is 2.32. The summed E-state index contributed by atoms with van der Waals surface area (Å²) < 4.78 is 10.7. The van der Waals surface area contributed by atoms with Crippen molar-refractivity contribution < 1.29 is 14.6 Å². The Morgan fingerprint density at radius 2 is 1.86 bits per heavy atom. The number of fused-ring (bicyclic) bond motifs is 1. The van der Waals surface area contributed by atoms with Gasteiger partial charge >= 0.3 is 0 Å². The van der Waals surface area contributed by atoms with Crippen molar-refractivity contribution in [1.82, 2.24) is 5.32 Å². The highest BCUT2D eigenvalue weighted by Gasteiger charge is 2.17. The molecule has 0 aromatic heterocycles. The summed E-state index contributed by atoms with van der Waals surface area (Å²) in [5.74, 6) is 1.57. The molecule has 2 aromatic rings. The van der Waals surface area contributed by atoms with Crippen molar-refractivity contribution in [3.05, 3.63) is 59.7 Å². The summed E-state index contributed by atoms with van der Waals surface area (Å²) in [4.78, 5) is 0. The molecule has 0 amide bonds. The second-order valence-corrected chi connectivity index (χ2v) is 5.21. The van der Waals surface area contributed by atoms with Crippen LogP contribution in [0.15, 0.2) is 48.5 Å². The van der Waals surface area contributed by atoms with Crippen LogP contribution >= 0.6 is 0 Å². The standard InChI is InChI=1S/C17H19NO3/c1-12(17(19)14-5-3-2-4-6-14)18-10-13-7-8-15-16(9-13)21-11-20-15/h2-9,12,17-19H,10-11H2,1H3. The molecule has 0 saturated carbocycles. The monoisotopic (exact) mass is 285 g/mol. The second kappa shape index (κ2) is 6.16. The van der Waals surface area contributed by atoms with Gasteiger partial charge in [0.15, 0.2) is 11.5 Å². The third-order valence-electron chi connectivity index (χ3n) is 3.68. The van der Waals surface area contributed by atoms with E-state index in [2.05, 4.69) is 5.32 Å². The van der Waals surface area contributed by atoms with Crippen LogP contribution in [0.25, 0.3) is 0 Å². The van der Waals surface area contributed by atoms with Gasteiger partial charge in [0.1, 0.15) is 0 Å². The van der Waals surface area contributed by atoms with Crippen LogP contribution in [0, 0.1) is 0 Å². The van der Waals surface area contributed by atoms with E-state index in [-0.39, 0.29) is 12.8 Å². The number of rotatable bonds is 5. The molecule has 21 heavy (non-hydrogen) atoms. The molecule has 4 nitrogen and oxygen atoms in total. The average molecular weight is 285 g/mol. The summed E-state index contributed by atoms with van der Waals surface area (Å²) in [5.41, 5.74) is 2.02. The van der Waals surface area contributed by atoms with Gasteiger partial charge in [0, 0.05) is 12.6 Å². The van der Waals surface area contributed by atoms with E-state index in [0.29, 0.717) is 6.54 Å². The first-order valence-electron chi connectivity index (χ1n) is 7.09. The molecule has 0 bridgehead atoms. The molecule has 0 fully saturated rings. The lowest BCUT2D eigenvalue weighted by Gasteiger charge is -2.20. The molecule has 2 unspecified atom stereocenters. The molecule has 3 rings (SSSR count). The molecule has 1 aliphatic rings. The summed E-state index contributed by atoms with van der Waals surface area (Å²) in [6.45, 7) is 2.93. The largest absolute Gasteiger partial charge is 0.454 e. The van der Waals surface area contributed by atoms with Crippen molar-refractivity contribution in [2.45, 2.75) is 25.6 Å². The first kappa shape index (κ1) is 13.9. The van der Waals surface area contributed by atoms with Crippen LogP contribution in [0.4, 0.5) is 0 Å². The second-order valence-electron chi connectivity index (χ2n) is 5.21. The molecule has 0 spiro atoms. The van der Waals surface area contributed by atoms with Gasteiger partial charge in [0.2, 0.25) is 6.79 Å². The smallest absolute Gasteiger partial charge is 0.231 e. The zero-order chi connectivity index (χ0) is 14.7. The first-order chi connectivity index (χ1) is 10.2. The highest BCUT2D eigenvalue weighted by atomic mass is 16.7. The summed E-state index contributed by atoms with van der Waals surface area (Å²) in [5, 5.41) is 13.7. The summed E-state index contributed by atoms with van der Waals surface area (Å²) in [7, 11) is 0. The van der Waals surface area contributed by atoms with Gasteiger partial charge in [-0.25, -0.2) is 0 Å². The number of ether oxygens (including phenoxy) is 2. The predicted molar refractivity (Wildman–Crippen MR) is 80.3 cm³/mol. The normalized spacial score (nSPS) is 15.7. The van der Waals surface area contributed by atoms with Crippen molar-refractivity contribution in [3.8, 4) is 11.5 Å². The first-order valence-corrected chi connectivity index (χ1v) is 7.09. The predicted octanol–water partition coefficient (Wildman–Crippen LogP) is 2.63. The van der Waals surface area contributed by atoms with Crippen molar-refractivity contribution in [1.29, 1.82) is 0 Å². The van der Waals surface area contributed by atoms with Gasteiger partial charge in [-0.2, -0.15) is 0 Å². The molecule has 0 aliphatic carbocycles. The number of benzene rings is 2. The third-order valence-corrected chi connectivity index (χ3v) is 3.68. The maximum Gasteiger partial charge on any atom is 0.231 e. The Morgan fingerprint density at radius 3 is 2.67 bits per heavy atom. The minimum atomic E-state index is -0.528. The topological polar surface area (TPSA) is 50.7 Å². The number of aliphatic hydroxyl groups is 1. The van der Waals surface area contributed by atoms with Crippen LogP contribution in [0.1, 0.15) is 24.2 Å². The Balaban J connectivity index is 1.59. The molecular weight excluding hydrogens is 266 g/mol. The van der Waals surface area contributed by atoms with E-state index in [4.69, 9.17) is 9.47 Å². The molecule has 2 aromatic carbocycles. The quantitative estimate of drug-likeness (QED) is 0.886. The lowest BCUT2D eigenvalue weighted by molar-refractivity contribution is 0.135. The summed E-state index contributed by atoms with van der Waals surface area (Å²) in [6.07, 6.45) is -0.528. The number of aliphatic hydroxyl groups excluding tert-OH is 1. The van der Waals surface area contributed by atoms with E-state index in [1.165, 1.54) is 0 Å². The lowest BCUT2D eigenvalue weighted by atomic mass is 10.0. The third kappa shape index (κ3) is 3.17. The number of nitrogens with one attached hydrogen (secondary N) is 1. The Bertz CT molecular complexity index is 600. The average Bonchev–Trinajstić information content (AvgIpc) is 3.00. The lowest BCUT2D eigenvalue weighted by Crippen LogP contribution is -2.31. The number of hydrogen-bond donors (Lipinski definition) is 2. The Labute approximate surface area is 124 Å². The van der Waals surface area contributed by atoms with Gasteiger partial charge in [0.05, 0.1) is 6.10 Å². The minimum absolute atomic E-state index is 0.0437. The molecule has 2 N–H and O–H groups in total. The van der Waals surface area contributed by atoms with Gasteiger partial charge in [-0.1, -0.05) is 36.4 Å². The minimum Gasteiger partial charge on any atom is -0.454 e. The molecule has 0 saturated heterocycles. The van der Waals surface area contributed by atoms with Gasteiger partial charge in [0.25, 0.3) is 0 Å². The van der Waals surface area contributed by atoms with Gasteiger partial charge in [-0.15, -0.1) is 0 Å². The van der Waals surface area contributed by atoms with E-state index in [9.17, 15) is 5.11 Å². The van der Waals surface area contributed by atoms with Crippen LogP contribution in [0.5, 0.6) is 11.5 Å². The fraction of sp³-hybridized carbons (Fsp3) is 0.294. The van der Waals surface area contributed by atoms with Gasteiger partial charge in [-0.3, -0.25) is 0 Å². The molecule has 2 atom stereocenters. The SMILES string of the molecule is CC(NCc1ccc2c(c1)OCO2)C(O)c1ccccc1. The van der Waals surface area contributed by atoms with Crippen molar-refractivity contribution in [3.63, 3.8) is 0 Å². The fourth-order valence-corrected chi connectivity index (χ4v) is 2.38. The summed E-state index contributed by atoms with van der Waals surface area (Å²) in [6, 6.07) is 15.5. The van der Waals surface area contributed by atoms with E-state index < -0.39 is 6.10 Å². The van der Waals surface area contributed by atoms with Gasteiger partial charge in [-0.05, 0) is 30.2 Å². The van der Waals surface area contributed by atoms with E-state index in [0.717, 1.165) is 22.6 Å². The van der Waals surface area contributed by atoms with Gasteiger partial charge < -0.3 is 19.9 Å². The Kier molecular flexibility index (Phi) is 4.08. The molecule has 1 aliphatic heterocycles. The molecule has 0 radical (unpaired) electrons. The molecule has 1 heterocycles. The fourth-order valence-electron chi connectivity index (χ4n) is 2.38. The Hall–Kier alpha value is -2.04. The Morgan fingerprint density at radius 1 is 1.10 bits per heavy atom. The van der Waals surface area contributed by atoms with Crippen LogP contribution < -0.4 is 14.8 Å². The molecular formula is C17H19NO3. The van der Waals surface area contributed by atoms with E-state index in [1.54, 1.807) is 0 Å². The van der Waals surface area contributed by atoms with Crippen LogP contribution in [0.3, 0.4) is 0 Å². The van der Waals surface area contributed by atoms with E-state index >= 15 is 0 Å². The highest BCUT2D eigenvalue weighted by molar-refractivity contribution is 5.44. The zero-order valence-electron chi connectivity index (χ0n) is 12.0. The van der Waals surface area contributed by atoms with Crippen LogP contribution in [-0.2, 0) is 6.54 Å². The van der Waals surface area contributed by atoms with Crippen LogP contribution in [0.2, 0.25) is 0 Å². The maximum atomic E-state index is 10.3. The maximum absolute atomic E-state index is 10.3. The molecule has 4 heteroatoms. The van der Waals surface area contributed by atoms with E-state index in [1.807, 2.05) is 55.5 Å². The zero-order valence-corrected chi connectivity index (χ0v) is 12.0. The van der Waals surface area contributed by atoms with Crippen molar-refractivity contribution in [2.75, 3.05) is 6.79 Å². The van der Waals surface area contributed by atoms with Crippen molar-refractivity contribution >= 4 is 0 Å². The van der Waals surface area contributed by atoms with Crippen LogP contribution in [-0.4, -0.2) is 17.9 Å². The summed E-state index contributed by atoms with van der Waals surface area (Å²) >= 11 is 0. The van der Waals surface area contributed by atoms with Crippen molar-refractivity contribution in [2.24, 2.45) is 0 Å². The number of hydrogen-bond acceptors (Lipinski definition) is 4. The molecule has 110 valence electrons.